The predicted molar refractivity (Wildman–Crippen MR) is 41.1 cm³/mol. The summed E-state index contributed by atoms with van der Waals surface area (Å²) < 4.78 is 31.0. The summed E-state index contributed by atoms with van der Waals surface area (Å²) in [7, 11) is -3.98. The molecule has 66 valence electrons. The van der Waals surface area contributed by atoms with Gasteiger partial charge in [-0.3, -0.25) is 0 Å². The van der Waals surface area contributed by atoms with Crippen LogP contribution < -0.4 is 0 Å². The number of hydrogen-bond acceptors (Lipinski definition) is 3. The number of rotatable bonds is 2. The Hall–Kier alpha value is -0.0900. The molecule has 0 spiro atoms. The first kappa shape index (κ1) is 9.00. The van der Waals surface area contributed by atoms with Gasteiger partial charge in [0.2, 0.25) is 0 Å². The van der Waals surface area contributed by atoms with Gasteiger partial charge < -0.3 is 4.55 Å². The summed E-state index contributed by atoms with van der Waals surface area (Å²) in [6.07, 6.45) is 2.88. The van der Waals surface area contributed by atoms with E-state index in [1.165, 1.54) is 0 Å². The van der Waals surface area contributed by atoms with E-state index in [9.17, 15) is 13.0 Å². The Morgan fingerprint density at radius 1 is 1.45 bits per heavy atom. The molecule has 11 heavy (non-hydrogen) atoms. The van der Waals surface area contributed by atoms with E-state index in [4.69, 9.17) is 0 Å². The van der Waals surface area contributed by atoms with Gasteiger partial charge in [-0.25, -0.2) is 8.42 Å². The average Bonchev–Trinajstić information content (AvgIpc) is 2.10. The lowest BCUT2D eigenvalue weighted by Gasteiger charge is -2.12. The lowest BCUT2D eigenvalue weighted by atomic mass is 10.1. The van der Waals surface area contributed by atoms with Crippen molar-refractivity contribution in [3.8, 4) is 0 Å². The summed E-state index contributed by atoms with van der Waals surface area (Å²) in [5.41, 5.74) is 0. The van der Waals surface area contributed by atoms with Gasteiger partial charge in [-0.15, -0.1) is 0 Å². The average molecular weight is 177 g/mol. The fourth-order valence-electron chi connectivity index (χ4n) is 1.77. The van der Waals surface area contributed by atoms with Gasteiger partial charge in [-0.1, -0.05) is 13.3 Å². The first-order chi connectivity index (χ1) is 4.97. The fraction of sp³-hybridized carbons (Fsp3) is 1.00. The highest BCUT2D eigenvalue weighted by Gasteiger charge is 2.22. The Kier molecular flexibility index (Phi) is 2.54. The summed E-state index contributed by atoms with van der Waals surface area (Å²) in [4.78, 5) is 0. The van der Waals surface area contributed by atoms with Crippen LogP contribution >= 0.6 is 0 Å². The Morgan fingerprint density at radius 2 is 2.09 bits per heavy atom. The first-order valence-electron chi connectivity index (χ1n) is 3.91. The van der Waals surface area contributed by atoms with Gasteiger partial charge in [0.25, 0.3) is 0 Å². The van der Waals surface area contributed by atoms with Gasteiger partial charge in [-0.2, -0.15) is 0 Å². The molecule has 0 aromatic rings. The molecule has 0 saturated heterocycles. The van der Waals surface area contributed by atoms with Crippen LogP contribution in [-0.2, 0) is 10.1 Å². The van der Waals surface area contributed by atoms with E-state index >= 15 is 0 Å². The van der Waals surface area contributed by atoms with Crippen molar-refractivity contribution in [2.24, 2.45) is 11.8 Å². The predicted octanol–water partition coefficient (Wildman–Crippen LogP) is 0.968. The molecule has 0 aromatic heterocycles. The van der Waals surface area contributed by atoms with E-state index in [0.717, 1.165) is 19.3 Å². The fourth-order valence-corrected chi connectivity index (χ4v) is 2.65. The van der Waals surface area contributed by atoms with Crippen molar-refractivity contribution in [1.29, 1.82) is 0 Å². The smallest absolute Gasteiger partial charge is 0.0948 e. The summed E-state index contributed by atoms with van der Waals surface area (Å²) >= 11 is 0. The summed E-state index contributed by atoms with van der Waals surface area (Å²) in [6, 6.07) is 0. The summed E-state index contributed by atoms with van der Waals surface area (Å²) in [6.45, 7) is 2.09. The van der Waals surface area contributed by atoms with Crippen LogP contribution in [0.15, 0.2) is 0 Å². The monoisotopic (exact) mass is 177 g/mol. The van der Waals surface area contributed by atoms with Gasteiger partial charge in [-0.05, 0) is 24.7 Å². The van der Waals surface area contributed by atoms with Gasteiger partial charge in [0.15, 0.2) is 0 Å². The highest BCUT2D eigenvalue weighted by atomic mass is 32.2. The van der Waals surface area contributed by atoms with Gasteiger partial charge in [0.05, 0.1) is 10.1 Å². The molecule has 4 heteroatoms. The van der Waals surface area contributed by atoms with Crippen molar-refractivity contribution in [1.82, 2.24) is 0 Å². The molecule has 1 rings (SSSR count). The Balaban J connectivity index is 2.41. The van der Waals surface area contributed by atoms with E-state index in [0.29, 0.717) is 5.92 Å². The van der Waals surface area contributed by atoms with Crippen molar-refractivity contribution in [2.45, 2.75) is 26.2 Å². The molecule has 0 heterocycles. The van der Waals surface area contributed by atoms with Gasteiger partial charge in [0, 0.05) is 5.75 Å². The molecule has 0 aromatic carbocycles. The van der Waals surface area contributed by atoms with E-state index in [-0.39, 0.29) is 11.7 Å². The third-order valence-corrected chi connectivity index (χ3v) is 3.12. The molecule has 2 atom stereocenters. The maximum Gasteiger partial charge on any atom is 0.0948 e. The van der Waals surface area contributed by atoms with Gasteiger partial charge >= 0.3 is 0 Å². The SMILES string of the molecule is CC1CCC(CS(=O)(=O)[O-])C1. The highest BCUT2D eigenvalue weighted by molar-refractivity contribution is 7.85. The highest BCUT2D eigenvalue weighted by Crippen LogP contribution is 2.30. The third-order valence-electron chi connectivity index (χ3n) is 2.24. The Morgan fingerprint density at radius 3 is 2.45 bits per heavy atom. The second-order valence-corrected chi connectivity index (χ2v) is 4.96. The molecule has 1 aliphatic rings. The lowest BCUT2D eigenvalue weighted by molar-refractivity contribution is 0.444. The zero-order chi connectivity index (χ0) is 8.48. The van der Waals surface area contributed by atoms with Crippen LogP contribution in [0.1, 0.15) is 26.2 Å². The van der Waals surface area contributed by atoms with Crippen molar-refractivity contribution < 1.29 is 13.0 Å². The zero-order valence-electron chi connectivity index (χ0n) is 6.62. The van der Waals surface area contributed by atoms with Crippen molar-refractivity contribution in [3.05, 3.63) is 0 Å². The minimum Gasteiger partial charge on any atom is -0.748 e. The van der Waals surface area contributed by atoms with Crippen LogP contribution in [-0.4, -0.2) is 18.7 Å². The van der Waals surface area contributed by atoms with E-state index in [1.54, 1.807) is 0 Å². The van der Waals surface area contributed by atoms with Crippen LogP contribution in [0.3, 0.4) is 0 Å². The molecule has 0 aliphatic heterocycles. The quantitative estimate of drug-likeness (QED) is 0.590. The van der Waals surface area contributed by atoms with Crippen LogP contribution in [0.25, 0.3) is 0 Å². The normalized spacial score (nSPS) is 32.5. The van der Waals surface area contributed by atoms with E-state index in [1.807, 2.05) is 0 Å². The second-order valence-electron chi connectivity index (χ2n) is 3.51. The van der Waals surface area contributed by atoms with Crippen LogP contribution in [0.2, 0.25) is 0 Å². The molecule has 3 nitrogen and oxygen atoms in total. The minimum atomic E-state index is -3.98. The standard InChI is InChI=1S/C7H14O3S/c1-6-2-3-7(4-6)5-11(8,9)10/h6-7H,2-5H2,1H3,(H,8,9,10)/p-1. The van der Waals surface area contributed by atoms with Crippen molar-refractivity contribution in [2.75, 3.05) is 5.75 Å². The minimum absolute atomic E-state index is 0.132. The molecule has 1 fully saturated rings. The molecule has 0 bridgehead atoms. The Labute approximate surface area is 67.6 Å². The number of hydrogen-bond donors (Lipinski definition) is 0. The largest absolute Gasteiger partial charge is 0.748 e. The molecule has 2 unspecified atom stereocenters. The molecular weight excluding hydrogens is 164 g/mol. The molecule has 0 amide bonds. The maximum absolute atomic E-state index is 10.3. The molecule has 1 saturated carbocycles. The van der Waals surface area contributed by atoms with Crippen molar-refractivity contribution >= 4 is 10.1 Å². The zero-order valence-corrected chi connectivity index (χ0v) is 7.43. The van der Waals surface area contributed by atoms with Gasteiger partial charge in [0.1, 0.15) is 0 Å². The molecule has 0 N–H and O–H groups in total. The topological polar surface area (TPSA) is 57.2 Å². The summed E-state index contributed by atoms with van der Waals surface area (Å²) in [5.74, 6) is 0.575. The van der Waals surface area contributed by atoms with Crippen LogP contribution in [0.5, 0.6) is 0 Å². The second kappa shape index (κ2) is 3.11. The summed E-state index contributed by atoms with van der Waals surface area (Å²) in [5, 5.41) is 0. The van der Waals surface area contributed by atoms with Crippen LogP contribution in [0.4, 0.5) is 0 Å². The molecule has 0 radical (unpaired) electrons. The molecular formula is C7H13O3S-. The van der Waals surface area contributed by atoms with Crippen molar-refractivity contribution in [3.63, 3.8) is 0 Å². The third kappa shape index (κ3) is 3.20. The van der Waals surface area contributed by atoms with E-state index in [2.05, 4.69) is 6.92 Å². The molecule has 1 aliphatic carbocycles. The lowest BCUT2D eigenvalue weighted by Crippen LogP contribution is -2.12. The van der Waals surface area contributed by atoms with E-state index < -0.39 is 10.1 Å². The first-order valence-corrected chi connectivity index (χ1v) is 5.48. The maximum atomic E-state index is 10.3. The van der Waals surface area contributed by atoms with Crippen LogP contribution in [0, 0.1) is 11.8 Å². The Bertz CT molecular complexity index is 220.